The minimum atomic E-state index is -1.01. The quantitative estimate of drug-likeness (QED) is 0.481. The molecule has 2 aromatic carbocycles. The summed E-state index contributed by atoms with van der Waals surface area (Å²) in [7, 11) is 1.64. The molecule has 0 bridgehead atoms. The smallest absolute Gasteiger partial charge is 0.250 e. The number of thioether (sulfide) groups is 1. The van der Waals surface area contributed by atoms with Gasteiger partial charge in [0.05, 0.1) is 23.7 Å². The van der Waals surface area contributed by atoms with Gasteiger partial charge < -0.3 is 15.4 Å². The average molecular weight is 484 g/mol. The Morgan fingerprint density at radius 3 is 2.67 bits per heavy atom. The van der Waals surface area contributed by atoms with E-state index in [0.29, 0.717) is 27.4 Å². The van der Waals surface area contributed by atoms with Gasteiger partial charge >= 0.3 is 0 Å². The predicted molar refractivity (Wildman–Crippen MR) is 132 cm³/mol. The predicted octanol–water partition coefficient (Wildman–Crippen LogP) is 4.40. The fourth-order valence-corrected chi connectivity index (χ4v) is 5.41. The van der Waals surface area contributed by atoms with Crippen LogP contribution >= 0.6 is 23.1 Å². The molecule has 1 aliphatic rings. The maximum atomic E-state index is 13.5. The zero-order chi connectivity index (χ0) is 23.6. The third-order valence-electron chi connectivity index (χ3n) is 5.36. The number of hydrogen-bond acceptors (Lipinski definition) is 8. The van der Waals surface area contributed by atoms with Gasteiger partial charge in [-0.05, 0) is 50.6 Å². The number of rotatable bonds is 7. The number of anilines is 3. The van der Waals surface area contributed by atoms with Gasteiger partial charge in [-0.15, -0.1) is 10.2 Å². The molecule has 2 amide bonds. The van der Waals surface area contributed by atoms with Crippen molar-refractivity contribution < 1.29 is 14.3 Å². The molecule has 1 aliphatic heterocycles. The number of carbonyl (C=O) groups excluding carboxylic acids is 2. The summed E-state index contributed by atoms with van der Waals surface area (Å²) >= 11 is 2.73. The molecule has 10 heteroatoms. The van der Waals surface area contributed by atoms with Crippen molar-refractivity contribution in [3.8, 4) is 5.75 Å². The molecule has 33 heavy (non-hydrogen) atoms. The SMILES string of the molecule is COc1ccc(CNc2nnc(SC(C)C(=O)N3c4ccccc4NC(=O)C3(C)C)s2)cc1. The van der Waals surface area contributed by atoms with Crippen LogP contribution in [0.15, 0.2) is 52.9 Å². The average Bonchev–Trinajstić information content (AvgIpc) is 3.25. The molecule has 1 aromatic heterocycles. The van der Waals surface area contributed by atoms with E-state index in [1.807, 2.05) is 49.4 Å². The van der Waals surface area contributed by atoms with Crippen molar-refractivity contribution in [3.63, 3.8) is 0 Å². The van der Waals surface area contributed by atoms with Gasteiger partial charge in [0.2, 0.25) is 16.9 Å². The van der Waals surface area contributed by atoms with E-state index in [-0.39, 0.29) is 11.8 Å². The highest BCUT2D eigenvalue weighted by molar-refractivity contribution is 8.02. The highest BCUT2D eigenvalue weighted by Crippen LogP contribution is 2.39. The standard InChI is InChI=1S/C23H25N5O3S2/c1-14(19(29)28-18-8-6-5-7-17(18)25-20(30)23(28,2)3)32-22-27-26-21(33-22)24-13-15-9-11-16(31-4)12-10-15/h5-12,14H,13H2,1-4H3,(H,24,26)(H,25,30). The summed E-state index contributed by atoms with van der Waals surface area (Å²) in [5.41, 5.74) is 1.41. The maximum absolute atomic E-state index is 13.5. The zero-order valence-corrected chi connectivity index (χ0v) is 20.4. The summed E-state index contributed by atoms with van der Waals surface area (Å²) in [4.78, 5) is 27.7. The van der Waals surface area contributed by atoms with Crippen molar-refractivity contribution in [3.05, 3.63) is 54.1 Å². The zero-order valence-electron chi connectivity index (χ0n) is 18.8. The number of para-hydroxylation sites is 2. The number of aromatic nitrogens is 2. The van der Waals surface area contributed by atoms with E-state index < -0.39 is 10.8 Å². The van der Waals surface area contributed by atoms with Gasteiger partial charge in [0.15, 0.2) is 4.34 Å². The third-order valence-corrected chi connectivity index (χ3v) is 7.42. The highest BCUT2D eigenvalue weighted by atomic mass is 32.2. The van der Waals surface area contributed by atoms with Crippen molar-refractivity contribution in [1.82, 2.24) is 10.2 Å². The highest BCUT2D eigenvalue weighted by Gasteiger charge is 2.44. The van der Waals surface area contributed by atoms with Gasteiger partial charge in [0, 0.05) is 6.54 Å². The number of benzene rings is 2. The lowest BCUT2D eigenvalue weighted by Crippen LogP contribution is -2.60. The number of amides is 2. The van der Waals surface area contributed by atoms with Gasteiger partial charge in [-0.3, -0.25) is 14.5 Å². The van der Waals surface area contributed by atoms with Crippen LogP contribution in [-0.2, 0) is 16.1 Å². The number of ether oxygens (including phenoxy) is 1. The first-order valence-corrected chi connectivity index (χ1v) is 12.1. The number of nitrogens with one attached hydrogen (secondary N) is 2. The van der Waals surface area contributed by atoms with Crippen LogP contribution in [-0.4, -0.2) is 39.9 Å². The summed E-state index contributed by atoms with van der Waals surface area (Å²) in [5.74, 6) is 0.437. The molecule has 0 radical (unpaired) electrons. The minimum Gasteiger partial charge on any atom is -0.497 e. The van der Waals surface area contributed by atoms with E-state index in [1.165, 1.54) is 23.1 Å². The van der Waals surface area contributed by atoms with Crippen molar-refractivity contribution >= 4 is 51.4 Å². The van der Waals surface area contributed by atoms with Crippen LogP contribution < -0.4 is 20.3 Å². The summed E-state index contributed by atoms with van der Waals surface area (Å²) in [6, 6.07) is 15.1. The lowest BCUT2D eigenvalue weighted by molar-refractivity contribution is -0.126. The number of hydrogen-bond donors (Lipinski definition) is 2. The molecular weight excluding hydrogens is 458 g/mol. The van der Waals surface area contributed by atoms with Crippen molar-refractivity contribution in [2.75, 3.05) is 22.6 Å². The topological polar surface area (TPSA) is 96.4 Å². The lowest BCUT2D eigenvalue weighted by Gasteiger charge is -2.42. The Bertz CT molecular complexity index is 1160. The summed E-state index contributed by atoms with van der Waals surface area (Å²) in [6.07, 6.45) is 0. The molecule has 0 spiro atoms. The fourth-order valence-electron chi connectivity index (χ4n) is 3.48. The van der Waals surface area contributed by atoms with E-state index in [0.717, 1.165) is 11.3 Å². The molecular formula is C23H25N5O3S2. The van der Waals surface area contributed by atoms with Crippen LogP contribution in [0.1, 0.15) is 26.3 Å². The van der Waals surface area contributed by atoms with Gasteiger partial charge in [-0.1, -0.05) is 47.4 Å². The Morgan fingerprint density at radius 2 is 1.94 bits per heavy atom. The van der Waals surface area contributed by atoms with E-state index in [4.69, 9.17) is 4.74 Å². The molecule has 0 saturated carbocycles. The van der Waals surface area contributed by atoms with Gasteiger partial charge in [0.25, 0.3) is 0 Å². The summed E-state index contributed by atoms with van der Waals surface area (Å²) in [5, 5.41) is 14.8. The molecule has 0 fully saturated rings. The Morgan fingerprint density at radius 1 is 1.21 bits per heavy atom. The van der Waals surface area contributed by atoms with Crippen LogP contribution in [0.3, 0.4) is 0 Å². The third kappa shape index (κ3) is 4.81. The molecule has 3 aromatic rings. The first-order valence-electron chi connectivity index (χ1n) is 10.4. The number of fused-ring (bicyclic) bond motifs is 1. The van der Waals surface area contributed by atoms with Crippen LogP contribution in [0.4, 0.5) is 16.5 Å². The largest absolute Gasteiger partial charge is 0.497 e. The number of methoxy groups -OCH3 is 1. The first-order chi connectivity index (χ1) is 15.8. The first kappa shape index (κ1) is 23.1. The molecule has 2 heterocycles. The summed E-state index contributed by atoms with van der Waals surface area (Å²) < 4.78 is 5.86. The van der Waals surface area contributed by atoms with Crippen molar-refractivity contribution in [2.24, 2.45) is 0 Å². The Hall–Kier alpha value is -3.11. The molecule has 4 rings (SSSR count). The Labute approximate surface area is 200 Å². The van der Waals surface area contributed by atoms with E-state index in [1.54, 1.807) is 31.9 Å². The second kappa shape index (κ2) is 9.40. The normalized spacial score (nSPS) is 15.4. The van der Waals surface area contributed by atoms with E-state index in [2.05, 4.69) is 20.8 Å². The van der Waals surface area contributed by atoms with E-state index >= 15 is 0 Å². The number of carbonyl (C=O) groups is 2. The molecule has 8 nitrogen and oxygen atoms in total. The second-order valence-electron chi connectivity index (χ2n) is 8.04. The van der Waals surface area contributed by atoms with Gasteiger partial charge in [-0.2, -0.15) is 0 Å². The second-order valence-corrected chi connectivity index (χ2v) is 10.6. The molecule has 0 saturated heterocycles. The Balaban J connectivity index is 1.43. The van der Waals surface area contributed by atoms with Crippen molar-refractivity contribution in [2.45, 2.75) is 42.4 Å². The van der Waals surface area contributed by atoms with Crippen molar-refractivity contribution in [1.29, 1.82) is 0 Å². The van der Waals surface area contributed by atoms with Crippen LogP contribution in [0.5, 0.6) is 5.75 Å². The molecule has 172 valence electrons. The van der Waals surface area contributed by atoms with Crippen LogP contribution in [0, 0.1) is 0 Å². The fraction of sp³-hybridized carbons (Fsp3) is 0.304. The maximum Gasteiger partial charge on any atom is 0.250 e. The Kier molecular flexibility index (Phi) is 6.57. The molecule has 1 unspecified atom stereocenters. The lowest BCUT2D eigenvalue weighted by atomic mass is 9.96. The number of nitrogens with zero attached hydrogens (tertiary/aromatic N) is 3. The molecule has 0 aliphatic carbocycles. The molecule has 1 atom stereocenters. The van der Waals surface area contributed by atoms with E-state index in [9.17, 15) is 9.59 Å². The monoisotopic (exact) mass is 483 g/mol. The van der Waals surface area contributed by atoms with Crippen LogP contribution in [0.25, 0.3) is 0 Å². The summed E-state index contributed by atoms with van der Waals surface area (Å²) in [6.45, 7) is 5.93. The molecule has 2 N–H and O–H groups in total. The van der Waals surface area contributed by atoms with Gasteiger partial charge in [0.1, 0.15) is 11.3 Å². The minimum absolute atomic E-state index is 0.157. The van der Waals surface area contributed by atoms with Crippen LogP contribution in [0.2, 0.25) is 0 Å². The van der Waals surface area contributed by atoms with Gasteiger partial charge in [-0.25, -0.2) is 0 Å².